The molecule has 1 aliphatic carbocycles. The molecule has 3 heteroatoms. The predicted molar refractivity (Wildman–Crippen MR) is 73.1 cm³/mol. The lowest BCUT2D eigenvalue weighted by molar-refractivity contribution is 0.0995. The molecule has 2 N–H and O–H groups in total. The predicted octanol–water partition coefficient (Wildman–Crippen LogP) is 1.71. The molecule has 0 bridgehead atoms. The topological polar surface area (TPSA) is 35.5 Å². The summed E-state index contributed by atoms with van der Waals surface area (Å²) in [5, 5.41) is 13.3. The maximum absolute atomic E-state index is 10.0. The summed E-state index contributed by atoms with van der Waals surface area (Å²) in [5.74, 6) is 1.34. The van der Waals surface area contributed by atoms with E-state index in [1.165, 1.54) is 12.8 Å². The number of nitrogens with one attached hydrogen (secondary N) is 1. The molecule has 0 heterocycles. The van der Waals surface area contributed by atoms with E-state index in [0.717, 1.165) is 32.2 Å². The van der Waals surface area contributed by atoms with Gasteiger partial charge >= 0.3 is 0 Å². The summed E-state index contributed by atoms with van der Waals surface area (Å²) < 4.78 is 0. The number of rotatable bonds is 9. The van der Waals surface area contributed by atoms with E-state index in [9.17, 15) is 5.11 Å². The Balaban J connectivity index is 2.19. The molecule has 0 aromatic heterocycles. The van der Waals surface area contributed by atoms with Crippen LogP contribution >= 0.6 is 0 Å². The largest absolute Gasteiger partial charge is 0.390 e. The second kappa shape index (κ2) is 7.34. The molecule has 0 radical (unpaired) electrons. The van der Waals surface area contributed by atoms with Gasteiger partial charge in [-0.2, -0.15) is 0 Å². The van der Waals surface area contributed by atoms with Crippen LogP contribution in [-0.4, -0.2) is 48.3 Å². The summed E-state index contributed by atoms with van der Waals surface area (Å²) in [6.07, 6.45) is 2.41. The molecule has 0 aromatic rings. The first-order chi connectivity index (χ1) is 7.99. The van der Waals surface area contributed by atoms with Crippen LogP contribution in [0.3, 0.4) is 0 Å². The summed E-state index contributed by atoms with van der Waals surface area (Å²) in [7, 11) is 0. The average Bonchev–Trinajstić information content (AvgIpc) is 2.98. The first-order valence-electron chi connectivity index (χ1n) is 7.11. The third-order valence-electron chi connectivity index (χ3n) is 3.04. The maximum Gasteiger partial charge on any atom is 0.0791 e. The molecule has 0 amide bonds. The number of aliphatic hydroxyl groups excluding tert-OH is 1. The zero-order valence-corrected chi connectivity index (χ0v) is 11.9. The smallest absolute Gasteiger partial charge is 0.0791 e. The first-order valence-corrected chi connectivity index (χ1v) is 7.11. The van der Waals surface area contributed by atoms with E-state index in [4.69, 9.17) is 0 Å². The van der Waals surface area contributed by atoms with Crippen molar-refractivity contribution in [1.82, 2.24) is 10.2 Å². The van der Waals surface area contributed by atoms with Gasteiger partial charge in [0.1, 0.15) is 0 Å². The van der Waals surface area contributed by atoms with Crippen LogP contribution in [0, 0.1) is 11.8 Å². The van der Waals surface area contributed by atoms with E-state index in [2.05, 4.69) is 37.9 Å². The molecule has 3 nitrogen and oxygen atoms in total. The molecule has 1 saturated carbocycles. The fourth-order valence-electron chi connectivity index (χ4n) is 2.16. The molecule has 0 saturated heterocycles. The molecule has 1 aliphatic rings. The van der Waals surface area contributed by atoms with Crippen LogP contribution in [0.2, 0.25) is 0 Å². The molecule has 17 heavy (non-hydrogen) atoms. The van der Waals surface area contributed by atoms with Gasteiger partial charge < -0.3 is 10.4 Å². The maximum atomic E-state index is 10.0. The van der Waals surface area contributed by atoms with E-state index in [1.54, 1.807) is 0 Å². The van der Waals surface area contributed by atoms with Gasteiger partial charge in [0.2, 0.25) is 0 Å². The Labute approximate surface area is 107 Å². The highest BCUT2D eigenvalue weighted by atomic mass is 16.3. The Morgan fingerprint density at radius 3 is 2.18 bits per heavy atom. The van der Waals surface area contributed by atoms with Crippen LogP contribution in [0.5, 0.6) is 0 Å². The van der Waals surface area contributed by atoms with Gasteiger partial charge in [-0.1, -0.05) is 27.7 Å². The van der Waals surface area contributed by atoms with Crippen LogP contribution in [0.1, 0.15) is 40.5 Å². The highest BCUT2D eigenvalue weighted by Gasteiger charge is 2.30. The minimum absolute atomic E-state index is 0.229. The number of aliphatic hydroxyl groups is 1. The number of nitrogens with zero attached hydrogens (tertiary/aromatic N) is 1. The quantitative estimate of drug-likeness (QED) is 0.646. The highest BCUT2D eigenvalue weighted by molar-refractivity contribution is 4.86. The van der Waals surface area contributed by atoms with Crippen molar-refractivity contribution in [2.24, 2.45) is 11.8 Å². The molecular weight excluding hydrogens is 212 g/mol. The standard InChI is InChI=1S/C14H30N2O/c1-11(2)7-15-8-14(17)10-16(9-12(3)4)13-5-6-13/h11-15,17H,5-10H2,1-4H3. The van der Waals surface area contributed by atoms with E-state index >= 15 is 0 Å². The lowest BCUT2D eigenvalue weighted by Crippen LogP contribution is -2.41. The van der Waals surface area contributed by atoms with Crippen molar-refractivity contribution in [2.45, 2.75) is 52.7 Å². The van der Waals surface area contributed by atoms with Crippen molar-refractivity contribution in [3.8, 4) is 0 Å². The normalized spacial score (nSPS) is 18.4. The third kappa shape index (κ3) is 7.02. The Kier molecular flexibility index (Phi) is 6.45. The van der Waals surface area contributed by atoms with Gasteiger partial charge in [-0.15, -0.1) is 0 Å². The molecule has 102 valence electrons. The summed E-state index contributed by atoms with van der Waals surface area (Å²) in [6, 6.07) is 0.747. The van der Waals surface area contributed by atoms with Crippen molar-refractivity contribution in [1.29, 1.82) is 0 Å². The SMILES string of the molecule is CC(C)CNCC(O)CN(CC(C)C)C1CC1. The summed E-state index contributed by atoms with van der Waals surface area (Å²) >= 11 is 0. The van der Waals surface area contributed by atoms with Crippen LogP contribution in [-0.2, 0) is 0 Å². The summed E-state index contributed by atoms with van der Waals surface area (Å²) in [6.45, 7) is 12.5. The zero-order valence-electron chi connectivity index (χ0n) is 11.9. The van der Waals surface area contributed by atoms with Crippen molar-refractivity contribution in [3.05, 3.63) is 0 Å². The van der Waals surface area contributed by atoms with Gasteiger partial charge in [-0.05, 0) is 31.2 Å². The van der Waals surface area contributed by atoms with Crippen LogP contribution in [0.15, 0.2) is 0 Å². The van der Waals surface area contributed by atoms with E-state index in [-0.39, 0.29) is 6.10 Å². The van der Waals surface area contributed by atoms with Gasteiger partial charge in [0.25, 0.3) is 0 Å². The monoisotopic (exact) mass is 242 g/mol. The Hall–Kier alpha value is -0.120. The highest BCUT2D eigenvalue weighted by Crippen LogP contribution is 2.27. The fourth-order valence-corrected chi connectivity index (χ4v) is 2.16. The lowest BCUT2D eigenvalue weighted by atomic mass is 10.2. The molecule has 1 unspecified atom stereocenters. The van der Waals surface area contributed by atoms with Gasteiger partial charge in [0, 0.05) is 25.7 Å². The van der Waals surface area contributed by atoms with Crippen molar-refractivity contribution < 1.29 is 5.11 Å². The lowest BCUT2D eigenvalue weighted by Gasteiger charge is -2.26. The van der Waals surface area contributed by atoms with Crippen molar-refractivity contribution in [2.75, 3.05) is 26.2 Å². The minimum atomic E-state index is -0.229. The van der Waals surface area contributed by atoms with Gasteiger partial charge in [-0.3, -0.25) is 4.90 Å². The number of hydrogen-bond acceptors (Lipinski definition) is 3. The molecule has 0 aliphatic heterocycles. The van der Waals surface area contributed by atoms with Crippen LogP contribution in [0.25, 0.3) is 0 Å². The Morgan fingerprint density at radius 2 is 1.71 bits per heavy atom. The van der Waals surface area contributed by atoms with E-state index in [0.29, 0.717) is 11.8 Å². The molecule has 0 spiro atoms. The zero-order chi connectivity index (χ0) is 12.8. The number of hydrogen-bond donors (Lipinski definition) is 2. The minimum Gasteiger partial charge on any atom is -0.390 e. The first kappa shape index (κ1) is 14.9. The summed E-state index contributed by atoms with van der Waals surface area (Å²) in [5.41, 5.74) is 0. The molecule has 1 atom stereocenters. The van der Waals surface area contributed by atoms with Gasteiger partial charge in [0.05, 0.1) is 6.10 Å². The molecule has 1 fully saturated rings. The Bertz CT molecular complexity index is 202. The molecule has 0 aromatic carbocycles. The average molecular weight is 242 g/mol. The molecular formula is C14H30N2O. The second-order valence-corrected chi connectivity index (χ2v) is 6.28. The van der Waals surface area contributed by atoms with E-state index < -0.39 is 0 Å². The molecule has 1 rings (SSSR count). The van der Waals surface area contributed by atoms with Crippen LogP contribution in [0.4, 0.5) is 0 Å². The van der Waals surface area contributed by atoms with Gasteiger partial charge in [0.15, 0.2) is 0 Å². The Morgan fingerprint density at radius 1 is 1.06 bits per heavy atom. The van der Waals surface area contributed by atoms with E-state index in [1.807, 2.05) is 0 Å². The third-order valence-corrected chi connectivity index (χ3v) is 3.04. The second-order valence-electron chi connectivity index (χ2n) is 6.28. The van der Waals surface area contributed by atoms with Crippen molar-refractivity contribution >= 4 is 0 Å². The van der Waals surface area contributed by atoms with Crippen LogP contribution < -0.4 is 5.32 Å². The summed E-state index contributed by atoms with van der Waals surface area (Å²) in [4.78, 5) is 2.46. The van der Waals surface area contributed by atoms with Crippen molar-refractivity contribution in [3.63, 3.8) is 0 Å². The van der Waals surface area contributed by atoms with Gasteiger partial charge in [-0.25, -0.2) is 0 Å². The fraction of sp³-hybridized carbons (Fsp3) is 1.00.